The molecule has 3 aliphatic heterocycles. The summed E-state index contributed by atoms with van der Waals surface area (Å²) in [5, 5.41) is 12.7. The zero-order chi connectivity index (χ0) is 60.3. The molecule has 86 heavy (non-hydrogen) atoms. The molecule has 3 saturated heterocycles. The Labute approximate surface area is 506 Å². The van der Waals surface area contributed by atoms with E-state index >= 15 is 0 Å². The predicted molar refractivity (Wildman–Crippen MR) is 326 cm³/mol. The van der Waals surface area contributed by atoms with E-state index in [4.69, 9.17) is 9.47 Å². The third-order valence-electron chi connectivity index (χ3n) is 18.2. The highest BCUT2D eigenvalue weighted by atomic mass is 16.6. The maximum Gasteiger partial charge on any atom is 0.411 e. The van der Waals surface area contributed by atoms with Gasteiger partial charge in [-0.2, -0.15) is 0 Å². The van der Waals surface area contributed by atoms with Gasteiger partial charge in [-0.3, -0.25) is 33.7 Å². The molecule has 4 aromatic carbocycles. The van der Waals surface area contributed by atoms with E-state index in [0.717, 1.165) is 107 Å². The summed E-state index contributed by atoms with van der Waals surface area (Å²) in [5.74, 6) is -4.43. The summed E-state index contributed by atoms with van der Waals surface area (Å²) in [5.41, 5.74) is 3.46. The lowest BCUT2D eigenvalue weighted by atomic mass is 9.94. The zero-order valence-electron chi connectivity index (χ0n) is 50.3. The molecular weight excluding hydrogens is 1090 g/mol. The fraction of sp³-hybridized carbons (Fsp3) is 0.536. The Bertz CT molecular complexity index is 2940. The van der Waals surface area contributed by atoms with Gasteiger partial charge in [0.15, 0.2) is 0 Å². The van der Waals surface area contributed by atoms with Crippen molar-refractivity contribution in [2.75, 3.05) is 45.9 Å². The lowest BCUT2D eigenvalue weighted by molar-refractivity contribution is -0.149. The molecule has 10 rings (SSSR count). The van der Waals surface area contributed by atoms with Gasteiger partial charge in [0.1, 0.15) is 11.6 Å². The van der Waals surface area contributed by atoms with Crippen LogP contribution in [0, 0.1) is 23.7 Å². The number of carbonyl (C=O) groups excluding carboxylic acids is 8. The Balaban J connectivity index is 0.676. The average molecular weight is 1170 g/mol. The summed E-state index contributed by atoms with van der Waals surface area (Å²) < 4.78 is 11.0. The van der Waals surface area contributed by atoms with Gasteiger partial charge in [0.25, 0.3) is 11.8 Å². The van der Waals surface area contributed by atoms with Crippen molar-refractivity contribution in [2.24, 2.45) is 23.7 Å². The molecule has 0 unspecified atom stereocenters. The first-order valence-electron chi connectivity index (χ1n) is 31.8. The molecule has 4 aromatic rings. The average Bonchev–Trinajstić information content (AvgIpc) is 2.09. The minimum absolute atomic E-state index is 0.0457. The van der Waals surface area contributed by atoms with Crippen LogP contribution in [0.3, 0.4) is 0 Å². The summed E-state index contributed by atoms with van der Waals surface area (Å²) in [6, 6.07) is 35.8. The van der Waals surface area contributed by atoms with E-state index in [0.29, 0.717) is 37.2 Å². The van der Waals surface area contributed by atoms with Crippen molar-refractivity contribution >= 4 is 47.5 Å². The number of benzene rings is 4. The summed E-state index contributed by atoms with van der Waals surface area (Å²) in [7, 11) is 0. The van der Waals surface area contributed by atoms with E-state index in [1.165, 1.54) is 4.90 Å². The van der Waals surface area contributed by atoms with E-state index in [1.54, 1.807) is 34.1 Å². The molecule has 4 N–H and O–H groups in total. The van der Waals surface area contributed by atoms with Crippen molar-refractivity contribution in [3.8, 4) is 0 Å². The number of esters is 1. The van der Waals surface area contributed by atoms with Crippen molar-refractivity contribution in [1.29, 1.82) is 0 Å². The van der Waals surface area contributed by atoms with Crippen LogP contribution >= 0.6 is 0 Å². The second-order valence-corrected chi connectivity index (χ2v) is 25.9. The largest absolute Gasteiger partial charge is 0.464 e. The van der Waals surface area contributed by atoms with E-state index in [-0.39, 0.29) is 103 Å². The molecule has 7 amide bonds. The monoisotopic (exact) mass is 1170 g/mol. The minimum Gasteiger partial charge on any atom is -0.464 e. The molecule has 3 heterocycles. The molecule has 0 bridgehead atoms. The number of unbranched alkanes of at least 4 members (excludes halogenated alkanes) is 9. The highest BCUT2D eigenvalue weighted by Gasteiger charge is 2.50. The quantitative estimate of drug-likeness (QED) is 0.0346. The van der Waals surface area contributed by atoms with Crippen LogP contribution in [0.4, 0.5) is 4.79 Å². The Hall–Kier alpha value is -7.56. The molecule has 17 nitrogen and oxygen atoms in total. The second-order valence-electron chi connectivity index (χ2n) is 25.9. The number of likely N-dealkylation sites (tertiary alicyclic amines) is 3. The van der Waals surface area contributed by atoms with E-state index in [2.05, 4.69) is 57.7 Å². The van der Waals surface area contributed by atoms with Crippen LogP contribution in [0.1, 0.15) is 172 Å². The maximum atomic E-state index is 14.3. The minimum atomic E-state index is -0.751. The summed E-state index contributed by atoms with van der Waals surface area (Å²) in [6.45, 7) is 7.01. The third kappa shape index (κ3) is 16.1. The number of ether oxygens (including phenoxy) is 2. The van der Waals surface area contributed by atoms with Gasteiger partial charge in [0.2, 0.25) is 23.6 Å². The van der Waals surface area contributed by atoms with Crippen LogP contribution in [0.25, 0.3) is 0 Å². The van der Waals surface area contributed by atoms with Crippen LogP contribution in [0.5, 0.6) is 0 Å². The van der Waals surface area contributed by atoms with Gasteiger partial charge >= 0.3 is 12.1 Å². The molecule has 0 radical (unpaired) electrons. The number of hydrogen-bond acceptors (Lipinski definition) is 10. The zero-order valence-corrected chi connectivity index (χ0v) is 50.3. The highest BCUT2D eigenvalue weighted by molar-refractivity contribution is 6.00. The van der Waals surface area contributed by atoms with Gasteiger partial charge in [0.05, 0.1) is 30.3 Å². The number of nitrogens with one attached hydrogen (secondary N) is 4. The Kier molecular flexibility index (Phi) is 20.2. The maximum absolute atomic E-state index is 14.3. The Morgan fingerprint density at radius 1 is 0.477 bits per heavy atom. The van der Waals surface area contributed by atoms with Crippen LogP contribution in [-0.4, -0.2) is 138 Å². The van der Waals surface area contributed by atoms with E-state index < -0.39 is 41.4 Å². The molecule has 17 heteroatoms. The van der Waals surface area contributed by atoms with Crippen molar-refractivity contribution in [3.63, 3.8) is 0 Å². The van der Waals surface area contributed by atoms with Gasteiger partial charge in [-0.25, -0.2) is 9.59 Å². The van der Waals surface area contributed by atoms with Crippen molar-refractivity contribution in [2.45, 2.75) is 165 Å². The van der Waals surface area contributed by atoms with Crippen LogP contribution < -0.4 is 21.3 Å². The Morgan fingerprint density at radius 3 is 1.24 bits per heavy atom. The lowest BCUT2D eigenvalue weighted by Crippen LogP contribution is -2.44. The molecule has 3 aliphatic carbocycles. The first kappa shape index (κ1) is 61.5. The molecule has 3 saturated carbocycles. The van der Waals surface area contributed by atoms with Crippen molar-refractivity contribution in [3.05, 3.63) is 143 Å². The first-order valence-corrected chi connectivity index (χ1v) is 31.8. The fourth-order valence-electron chi connectivity index (χ4n) is 13.1. The Morgan fingerprint density at radius 2 is 0.849 bits per heavy atom. The van der Waals surface area contributed by atoms with Gasteiger partial charge in [-0.15, -0.1) is 0 Å². The number of amides is 7. The summed E-state index contributed by atoms with van der Waals surface area (Å²) >= 11 is 0. The second kappa shape index (κ2) is 28.3. The molecule has 0 aromatic heterocycles. The molecule has 458 valence electrons. The standard InChI is InChI=1S/C69H87N7O10/c1-69(2,3)86-68(84)76-36-23-30-60(76)67(83)85-37-22-11-9-7-5-4-6-8-10-21-35-70-61(77)53-41-74(42-54(53)62(78)71-57-38-50(57)45-24-15-12-16-25-45)65(81)48-31-33-49(34-32-48)66(82)75-43-55(63(79)72-58-39-51(58)46-26-17-13-18-27-46)56(44-75)64(80)73-59-40-52(59)47-28-19-14-20-29-47/h12-20,24-29,31-34,50-60H,4-11,21-23,30,35-44H2,1-3H3,(H,70,77)(H,71,78)(H,72,79)(H,73,80)/t50-,51-,52-,53-,54-,55-,56-,57+,58+,59+,60+/m1/s1. The fourth-order valence-corrected chi connectivity index (χ4v) is 13.1. The topological polar surface area (TPSA) is 213 Å². The van der Waals surface area contributed by atoms with Crippen molar-refractivity contribution < 1.29 is 47.8 Å². The van der Waals surface area contributed by atoms with Gasteiger partial charge in [-0.05, 0) is 107 Å². The van der Waals surface area contributed by atoms with Gasteiger partial charge in [-0.1, -0.05) is 142 Å². The number of carbonyl (C=O) groups is 8. The summed E-state index contributed by atoms with van der Waals surface area (Å²) in [6.07, 6.45) is 13.3. The molecule has 11 atom stereocenters. The number of hydrogen-bond donors (Lipinski definition) is 4. The number of nitrogens with zero attached hydrogens (tertiary/aromatic N) is 3. The normalized spacial score (nSPS) is 25.4. The smallest absolute Gasteiger partial charge is 0.411 e. The van der Waals surface area contributed by atoms with E-state index in [1.807, 2.05) is 75.4 Å². The van der Waals surface area contributed by atoms with Crippen LogP contribution in [0.15, 0.2) is 115 Å². The predicted octanol–water partition coefficient (Wildman–Crippen LogP) is 9.04. The molecule has 0 spiro atoms. The summed E-state index contributed by atoms with van der Waals surface area (Å²) in [4.78, 5) is 115. The first-order chi connectivity index (χ1) is 41.6. The third-order valence-corrected chi connectivity index (χ3v) is 18.2. The highest BCUT2D eigenvalue weighted by Crippen LogP contribution is 2.44. The van der Waals surface area contributed by atoms with Crippen LogP contribution in [0.2, 0.25) is 0 Å². The molecular formula is C69H87N7O10. The number of rotatable bonds is 26. The van der Waals surface area contributed by atoms with Gasteiger partial charge in [0, 0.05) is 86.3 Å². The van der Waals surface area contributed by atoms with Crippen LogP contribution in [-0.2, 0) is 33.4 Å². The SMILES string of the molecule is CC(C)(C)OC(=O)N1CCC[C@H]1C(=O)OCCCCCCCCCCCCNC(=O)[C@@H]1CN(C(=O)c2ccc(C(=O)N3C[C@@H](C(=O)N[C@H]4C[C@@H]4c4ccccc4)[C@H](C(=O)N[C@H]4C[C@@H]4c4ccccc4)C3)cc2)C[C@H]1C(=O)N[C@H]1C[C@@H]1c1ccccc1. The molecule has 6 aliphatic rings. The van der Waals surface area contributed by atoms with Gasteiger partial charge < -0.3 is 40.5 Å². The lowest BCUT2D eigenvalue weighted by Gasteiger charge is -2.27. The van der Waals surface area contributed by atoms with Crippen molar-refractivity contribution in [1.82, 2.24) is 36.0 Å². The van der Waals surface area contributed by atoms with E-state index in [9.17, 15) is 38.4 Å². The molecule has 6 fully saturated rings.